The molecule has 3 N–H and O–H groups in total. The van der Waals surface area contributed by atoms with Gasteiger partial charge < -0.3 is 15.6 Å². The van der Waals surface area contributed by atoms with Crippen LogP contribution in [0.3, 0.4) is 0 Å². The first-order valence-corrected chi connectivity index (χ1v) is 9.55. The van der Waals surface area contributed by atoms with Crippen molar-refractivity contribution in [3.05, 3.63) is 35.7 Å². The van der Waals surface area contributed by atoms with Crippen molar-refractivity contribution in [3.63, 3.8) is 0 Å². The van der Waals surface area contributed by atoms with Crippen LogP contribution in [0.2, 0.25) is 0 Å². The van der Waals surface area contributed by atoms with Crippen LogP contribution >= 0.6 is 11.8 Å². The fourth-order valence-electron chi connectivity index (χ4n) is 2.58. The van der Waals surface area contributed by atoms with Gasteiger partial charge in [0.2, 0.25) is 11.8 Å². The lowest BCUT2D eigenvalue weighted by Gasteiger charge is -2.13. The average Bonchev–Trinajstić information content (AvgIpc) is 3.41. The van der Waals surface area contributed by atoms with Gasteiger partial charge in [0, 0.05) is 24.6 Å². The largest absolute Gasteiger partial charge is 0.370 e. The molecule has 2 amide bonds. The molecule has 27 heavy (non-hydrogen) atoms. The lowest BCUT2D eigenvalue weighted by Crippen LogP contribution is -2.23. The van der Waals surface area contributed by atoms with Gasteiger partial charge >= 0.3 is 0 Å². The topological polar surface area (TPSA) is 127 Å². The number of primary amides is 1. The lowest BCUT2D eigenvalue weighted by atomic mass is 10.2. The van der Waals surface area contributed by atoms with Gasteiger partial charge in [-0.05, 0) is 38.0 Å². The monoisotopic (exact) mass is 384 g/mol. The molecule has 1 aliphatic carbocycles. The van der Waals surface area contributed by atoms with Crippen molar-refractivity contribution < 1.29 is 9.59 Å². The number of amides is 2. The molecule has 140 valence electrons. The van der Waals surface area contributed by atoms with Crippen molar-refractivity contribution in [2.45, 2.75) is 49.1 Å². The van der Waals surface area contributed by atoms with E-state index in [-0.39, 0.29) is 18.2 Å². The van der Waals surface area contributed by atoms with Crippen molar-refractivity contribution in [3.8, 4) is 6.07 Å². The molecule has 3 rings (SSSR count). The van der Waals surface area contributed by atoms with Gasteiger partial charge in [-0.25, -0.2) is 0 Å². The third-order valence-corrected chi connectivity index (χ3v) is 5.26. The molecule has 1 atom stereocenters. The molecule has 0 unspecified atom stereocenters. The van der Waals surface area contributed by atoms with Gasteiger partial charge in [0.15, 0.2) is 5.16 Å². The number of nitrogens with zero attached hydrogens (tertiary/aromatic N) is 4. The number of rotatable bonds is 8. The molecule has 0 saturated heterocycles. The number of nitrogens with two attached hydrogens (primary N) is 1. The van der Waals surface area contributed by atoms with Crippen LogP contribution in [0.15, 0.2) is 29.4 Å². The summed E-state index contributed by atoms with van der Waals surface area (Å²) >= 11 is 1.29. The second kappa shape index (κ2) is 8.22. The summed E-state index contributed by atoms with van der Waals surface area (Å²) in [4.78, 5) is 23.7. The van der Waals surface area contributed by atoms with Crippen LogP contribution in [0.5, 0.6) is 0 Å². The Morgan fingerprint density at radius 2 is 2.22 bits per heavy atom. The van der Waals surface area contributed by atoms with E-state index in [1.54, 1.807) is 31.2 Å². The average molecular weight is 384 g/mol. The summed E-state index contributed by atoms with van der Waals surface area (Å²) in [6, 6.07) is 8.79. The maximum atomic E-state index is 12.5. The quantitative estimate of drug-likeness (QED) is 0.670. The summed E-state index contributed by atoms with van der Waals surface area (Å²) in [5, 5.41) is 20.4. The van der Waals surface area contributed by atoms with Crippen LogP contribution in [0.4, 0.5) is 5.69 Å². The minimum atomic E-state index is -0.431. The van der Waals surface area contributed by atoms with Crippen molar-refractivity contribution in [2.24, 2.45) is 5.73 Å². The number of anilines is 1. The molecule has 2 aromatic rings. The van der Waals surface area contributed by atoms with Gasteiger partial charge in [-0.1, -0.05) is 17.8 Å². The zero-order valence-electron chi connectivity index (χ0n) is 14.9. The second-order valence-corrected chi connectivity index (χ2v) is 7.73. The van der Waals surface area contributed by atoms with E-state index in [1.807, 2.05) is 10.6 Å². The Bertz CT molecular complexity index is 899. The Balaban J connectivity index is 1.69. The SMILES string of the molecule is C[C@H](Sc1nnc(C2CC2)n1CCC(N)=O)C(=O)Nc1cccc(C#N)c1. The number of hydrogen-bond donors (Lipinski definition) is 2. The number of carbonyl (C=O) groups is 2. The Labute approximate surface area is 161 Å². The summed E-state index contributed by atoms with van der Waals surface area (Å²) in [5.41, 5.74) is 6.32. The van der Waals surface area contributed by atoms with Crippen LogP contribution in [0, 0.1) is 11.3 Å². The molecule has 0 spiro atoms. The third kappa shape index (κ3) is 4.86. The summed E-state index contributed by atoms with van der Waals surface area (Å²) in [6.45, 7) is 2.19. The Morgan fingerprint density at radius 1 is 1.44 bits per heavy atom. The third-order valence-electron chi connectivity index (χ3n) is 4.18. The molecule has 9 heteroatoms. The standard InChI is InChI=1S/C18H20N6O2S/c1-11(17(26)21-14-4-2-3-12(9-14)10-19)27-18-23-22-16(13-5-6-13)24(18)8-7-15(20)25/h2-4,9,11,13H,5-8H2,1H3,(H2,20,25)(H,21,26)/t11-/m0/s1. The first-order valence-electron chi connectivity index (χ1n) is 8.67. The maximum Gasteiger partial charge on any atom is 0.237 e. The Morgan fingerprint density at radius 3 is 2.89 bits per heavy atom. The van der Waals surface area contributed by atoms with Gasteiger partial charge in [-0.15, -0.1) is 10.2 Å². The maximum absolute atomic E-state index is 12.5. The summed E-state index contributed by atoms with van der Waals surface area (Å²) in [5.74, 6) is 0.641. The zero-order chi connectivity index (χ0) is 19.4. The van der Waals surface area contributed by atoms with Crippen molar-refractivity contribution in [1.82, 2.24) is 14.8 Å². The molecule has 0 bridgehead atoms. The van der Waals surface area contributed by atoms with Crippen LogP contribution in [0.1, 0.15) is 43.5 Å². The fourth-order valence-corrected chi connectivity index (χ4v) is 3.47. The van der Waals surface area contributed by atoms with E-state index in [1.165, 1.54) is 11.8 Å². The highest BCUT2D eigenvalue weighted by Gasteiger charge is 2.31. The van der Waals surface area contributed by atoms with Gasteiger partial charge in [-0.2, -0.15) is 5.26 Å². The van der Waals surface area contributed by atoms with E-state index in [9.17, 15) is 9.59 Å². The van der Waals surface area contributed by atoms with E-state index < -0.39 is 5.25 Å². The number of benzene rings is 1. The molecule has 1 heterocycles. The van der Waals surface area contributed by atoms with E-state index in [4.69, 9.17) is 11.0 Å². The summed E-state index contributed by atoms with van der Waals surface area (Å²) in [6.07, 6.45) is 2.32. The molecule has 8 nitrogen and oxygen atoms in total. The highest BCUT2D eigenvalue weighted by molar-refractivity contribution is 8.00. The normalized spacial score (nSPS) is 14.4. The minimum absolute atomic E-state index is 0.201. The lowest BCUT2D eigenvalue weighted by molar-refractivity contribution is -0.118. The predicted octanol–water partition coefficient (Wildman–Crippen LogP) is 2.02. The number of aromatic nitrogens is 3. The van der Waals surface area contributed by atoms with Crippen LogP contribution in [0.25, 0.3) is 0 Å². The molecule has 0 radical (unpaired) electrons. The molecule has 1 fully saturated rings. The van der Waals surface area contributed by atoms with Crippen molar-refractivity contribution in [2.75, 3.05) is 5.32 Å². The first kappa shape index (κ1) is 18.9. The highest BCUT2D eigenvalue weighted by Crippen LogP contribution is 2.40. The van der Waals surface area contributed by atoms with Gasteiger partial charge in [0.1, 0.15) is 5.82 Å². The number of carbonyl (C=O) groups excluding carboxylic acids is 2. The van der Waals surface area contributed by atoms with Crippen LogP contribution in [-0.4, -0.2) is 31.8 Å². The first-order chi connectivity index (χ1) is 13.0. The number of nitriles is 1. The smallest absolute Gasteiger partial charge is 0.237 e. The van der Waals surface area contributed by atoms with Gasteiger partial charge in [0.05, 0.1) is 16.9 Å². The van der Waals surface area contributed by atoms with Crippen molar-refractivity contribution in [1.29, 1.82) is 5.26 Å². The summed E-state index contributed by atoms with van der Waals surface area (Å²) < 4.78 is 1.90. The van der Waals surface area contributed by atoms with Gasteiger partial charge in [0.25, 0.3) is 0 Å². The Hall–Kier alpha value is -2.86. The molecule has 1 saturated carbocycles. The van der Waals surface area contributed by atoms with E-state index >= 15 is 0 Å². The highest BCUT2D eigenvalue weighted by atomic mass is 32.2. The molecular weight excluding hydrogens is 364 g/mol. The molecule has 1 aromatic heterocycles. The zero-order valence-corrected chi connectivity index (χ0v) is 15.7. The molecule has 0 aliphatic heterocycles. The van der Waals surface area contributed by atoms with Gasteiger partial charge in [-0.3, -0.25) is 9.59 Å². The molecule has 1 aliphatic rings. The minimum Gasteiger partial charge on any atom is -0.370 e. The van der Waals surface area contributed by atoms with Crippen LogP contribution < -0.4 is 11.1 Å². The number of thioether (sulfide) groups is 1. The van der Waals surface area contributed by atoms with Crippen LogP contribution in [-0.2, 0) is 16.1 Å². The second-order valence-electron chi connectivity index (χ2n) is 6.42. The van der Waals surface area contributed by atoms with E-state index in [0.29, 0.717) is 28.9 Å². The number of hydrogen-bond acceptors (Lipinski definition) is 6. The molecule has 1 aromatic carbocycles. The van der Waals surface area contributed by atoms with E-state index in [0.717, 1.165) is 18.7 Å². The Kier molecular flexibility index (Phi) is 5.76. The number of nitrogens with one attached hydrogen (secondary N) is 1. The fraction of sp³-hybridized carbons (Fsp3) is 0.389. The predicted molar refractivity (Wildman–Crippen MR) is 101 cm³/mol. The summed E-state index contributed by atoms with van der Waals surface area (Å²) in [7, 11) is 0. The van der Waals surface area contributed by atoms with E-state index in [2.05, 4.69) is 15.5 Å². The van der Waals surface area contributed by atoms with Crippen molar-refractivity contribution >= 4 is 29.3 Å². The molecular formula is C18H20N6O2S.